The van der Waals surface area contributed by atoms with Gasteiger partial charge in [-0.3, -0.25) is 9.59 Å². The third kappa shape index (κ3) is 5.31. The number of aromatic nitrogens is 2. The van der Waals surface area contributed by atoms with E-state index in [4.69, 9.17) is 11.6 Å². The molecule has 0 fully saturated rings. The lowest BCUT2D eigenvalue weighted by Gasteiger charge is -2.18. The number of carbonyl (C=O) groups excluding carboxylic acids is 2. The predicted molar refractivity (Wildman–Crippen MR) is 105 cm³/mol. The van der Waals surface area contributed by atoms with Gasteiger partial charge >= 0.3 is 0 Å². The minimum atomic E-state index is -0.397. The number of benzene rings is 2. The van der Waals surface area contributed by atoms with Gasteiger partial charge in [0.25, 0.3) is 0 Å². The third-order valence-corrected chi connectivity index (χ3v) is 4.41. The molecule has 0 bridgehead atoms. The molecule has 140 valence electrons. The summed E-state index contributed by atoms with van der Waals surface area (Å²) in [5, 5.41) is 6.30. The molecule has 27 heavy (non-hydrogen) atoms. The van der Waals surface area contributed by atoms with Crippen LogP contribution in [0.1, 0.15) is 30.8 Å². The van der Waals surface area contributed by atoms with Crippen LogP contribution in [-0.4, -0.2) is 28.3 Å². The molecule has 0 radical (unpaired) electrons. The normalized spacial score (nSPS) is 11.9. The van der Waals surface area contributed by atoms with Crippen molar-refractivity contribution in [2.45, 2.75) is 25.8 Å². The van der Waals surface area contributed by atoms with Gasteiger partial charge in [-0.05, 0) is 29.8 Å². The summed E-state index contributed by atoms with van der Waals surface area (Å²) in [6.07, 6.45) is 0.757. The number of carbonyl (C=O) groups is 2. The highest BCUT2D eigenvalue weighted by atomic mass is 35.5. The first-order chi connectivity index (χ1) is 13.0. The zero-order valence-corrected chi connectivity index (χ0v) is 15.7. The van der Waals surface area contributed by atoms with Crippen molar-refractivity contribution < 1.29 is 9.59 Å². The van der Waals surface area contributed by atoms with Gasteiger partial charge in [-0.25, -0.2) is 4.98 Å². The number of rotatable bonds is 7. The second-order valence-electron chi connectivity index (χ2n) is 6.31. The Hall–Kier alpha value is -2.86. The first-order valence-electron chi connectivity index (χ1n) is 8.74. The molecular formula is C20H21ClN4O2. The molecule has 6 nitrogen and oxygen atoms in total. The van der Waals surface area contributed by atoms with Crippen LogP contribution in [0.15, 0.2) is 48.5 Å². The molecule has 0 aliphatic heterocycles. The van der Waals surface area contributed by atoms with Gasteiger partial charge in [0.15, 0.2) is 0 Å². The van der Waals surface area contributed by atoms with E-state index < -0.39 is 6.04 Å². The van der Waals surface area contributed by atoms with Crippen LogP contribution in [0.25, 0.3) is 11.0 Å². The molecule has 1 atom stereocenters. The quantitative estimate of drug-likeness (QED) is 0.584. The molecule has 1 unspecified atom stereocenters. The number of imidazole rings is 1. The van der Waals surface area contributed by atoms with Gasteiger partial charge in [0.1, 0.15) is 5.82 Å². The summed E-state index contributed by atoms with van der Waals surface area (Å²) < 4.78 is 0. The first-order valence-corrected chi connectivity index (χ1v) is 9.12. The van der Waals surface area contributed by atoms with Crippen LogP contribution in [0.2, 0.25) is 5.02 Å². The van der Waals surface area contributed by atoms with Gasteiger partial charge in [0.2, 0.25) is 11.8 Å². The van der Waals surface area contributed by atoms with E-state index in [1.54, 1.807) is 12.1 Å². The van der Waals surface area contributed by atoms with Gasteiger partial charge in [-0.2, -0.15) is 0 Å². The summed E-state index contributed by atoms with van der Waals surface area (Å²) in [5.41, 5.74) is 2.72. The van der Waals surface area contributed by atoms with Gasteiger partial charge < -0.3 is 15.6 Å². The van der Waals surface area contributed by atoms with Crippen LogP contribution in [0.5, 0.6) is 0 Å². The van der Waals surface area contributed by atoms with E-state index in [9.17, 15) is 9.59 Å². The van der Waals surface area contributed by atoms with E-state index in [1.807, 2.05) is 36.4 Å². The predicted octanol–water partition coefficient (Wildman–Crippen LogP) is 3.14. The monoisotopic (exact) mass is 384 g/mol. The van der Waals surface area contributed by atoms with Crippen LogP contribution in [-0.2, 0) is 16.0 Å². The van der Waals surface area contributed by atoms with E-state index in [2.05, 4.69) is 20.6 Å². The van der Waals surface area contributed by atoms with E-state index in [1.165, 1.54) is 6.92 Å². The van der Waals surface area contributed by atoms with E-state index in [0.717, 1.165) is 22.4 Å². The summed E-state index contributed by atoms with van der Waals surface area (Å²) in [6.45, 7) is 1.90. The van der Waals surface area contributed by atoms with E-state index in [0.29, 0.717) is 18.0 Å². The van der Waals surface area contributed by atoms with Crippen molar-refractivity contribution in [1.29, 1.82) is 0 Å². The van der Waals surface area contributed by atoms with Crippen LogP contribution < -0.4 is 10.6 Å². The Labute approximate surface area is 162 Å². The Balaban J connectivity index is 1.55. The second-order valence-corrected chi connectivity index (χ2v) is 6.75. The average molecular weight is 385 g/mol. The summed E-state index contributed by atoms with van der Waals surface area (Å²) in [5.74, 6) is 0.498. The summed E-state index contributed by atoms with van der Waals surface area (Å²) in [7, 11) is 0. The zero-order valence-electron chi connectivity index (χ0n) is 15.0. The molecule has 3 N–H and O–H groups in total. The van der Waals surface area contributed by atoms with Crippen LogP contribution in [0, 0.1) is 0 Å². The maximum Gasteiger partial charge on any atom is 0.222 e. The molecule has 1 heterocycles. The highest BCUT2D eigenvalue weighted by Gasteiger charge is 2.17. The van der Waals surface area contributed by atoms with Crippen molar-refractivity contribution in [3.05, 3.63) is 64.9 Å². The Morgan fingerprint density at radius 1 is 1.15 bits per heavy atom. The number of aromatic amines is 1. The van der Waals surface area contributed by atoms with Crippen molar-refractivity contribution in [1.82, 2.24) is 20.6 Å². The summed E-state index contributed by atoms with van der Waals surface area (Å²) in [4.78, 5) is 31.5. The van der Waals surface area contributed by atoms with Gasteiger partial charge in [-0.1, -0.05) is 35.9 Å². The van der Waals surface area contributed by atoms with Crippen molar-refractivity contribution in [2.75, 3.05) is 6.54 Å². The average Bonchev–Trinajstić information content (AvgIpc) is 3.04. The number of para-hydroxylation sites is 2. The molecule has 0 saturated carbocycles. The molecule has 0 aliphatic carbocycles. The zero-order chi connectivity index (χ0) is 19.2. The highest BCUT2D eigenvalue weighted by molar-refractivity contribution is 6.30. The topological polar surface area (TPSA) is 86.9 Å². The molecule has 2 aromatic carbocycles. The standard InChI is InChI=1S/C20H21ClN4O2/c1-13(26)23-18(14-6-8-15(21)9-7-14)12-20(27)22-11-10-19-24-16-4-2-3-5-17(16)25-19/h2-9,18H,10-12H2,1H3,(H,22,27)(H,23,26)(H,24,25). The second kappa shape index (κ2) is 8.68. The molecular weight excluding hydrogens is 364 g/mol. The summed E-state index contributed by atoms with van der Waals surface area (Å²) >= 11 is 5.91. The Kier molecular flexibility index (Phi) is 6.08. The number of halogens is 1. The van der Waals surface area contributed by atoms with Gasteiger partial charge in [0, 0.05) is 24.9 Å². The highest BCUT2D eigenvalue weighted by Crippen LogP contribution is 2.19. The fraction of sp³-hybridized carbons (Fsp3) is 0.250. The fourth-order valence-electron chi connectivity index (χ4n) is 2.89. The smallest absolute Gasteiger partial charge is 0.222 e. The van der Waals surface area contributed by atoms with Crippen LogP contribution >= 0.6 is 11.6 Å². The maximum absolute atomic E-state index is 12.3. The SMILES string of the molecule is CC(=O)NC(CC(=O)NCCc1nc2ccccc2[nH]1)c1ccc(Cl)cc1. The number of hydrogen-bond donors (Lipinski definition) is 3. The molecule has 2 amide bonds. The van der Waals surface area contributed by atoms with Crippen molar-refractivity contribution in [3.63, 3.8) is 0 Å². The number of hydrogen-bond acceptors (Lipinski definition) is 3. The van der Waals surface area contributed by atoms with Crippen LogP contribution in [0.4, 0.5) is 0 Å². The number of nitrogens with one attached hydrogen (secondary N) is 3. The first kappa shape index (κ1) is 18.9. The number of H-pyrrole nitrogens is 1. The van der Waals surface area contributed by atoms with Crippen molar-refractivity contribution in [3.8, 4) is 0 Å². The molecule has 1 aromatic heterocycles. The largest absolute Gasteiger partial charge is 0.356 e. The maximum atomic E-state index is 12.3. The molecule has 0 aliphatic rings. The fourth-order valence-corrected chi connectivity index (χ4v) is 3.02. The van der Waals surface area contributed by atoms with E-state index in [-0.39, 0.29) is 18.2 Å². The Bertz CT molecular complexity index is 904. The lowest BCUT2D eigenvalue weighted by atomic mass is 10.0. The molecule has 0 saturated heterocycles. The molecule has 3 aromatic rings. The van der Waals surface area contributed by atoms with Gasteiger partial charge in [-0.15, -0.1) is 0 Å². The number of nitrogens with zero attached hydrogens (tertiary/aromatic N) is 1. The molecule has 7 heteroatoms. The lowest BCUT2D eigenvalue weighted by Crippen LogP contribution is -2.33. The molecule has 0 spiro atoms. The number of amides is 2. The minimum Gasteiger partial charge on any atom is -0.356 e. The molecule has 3 rings (SSSR count). The third-order valence-electron chi connectivity index (χ3n) is 4.16. The van der Waals surface area contributed by atoms with Gasteiger partial charge in [0.05, 0.1) is 23.5 Å². The lowest BCUT2D eigenvalue weighted by molar-refractivity contribution is -0.122. The van der Waals surface area contributed by atoms with Crippen molar-refractivity contribution in [2.24, 2.45) is 0 Å². The Morgan fingerprint density at radius 2 is 1.89 bits per heavy atom. The van der Waals surface area contributed by atoms with Crippen LogP contribution in [0.3, 0.4) is 0 Å². The number of fused-ring (bicyclic) bond motifs is 1. The van der Waals surface area contributed by atoms with E-state index >= 15 is 0 Å². The summed E-state index contributed by atoms with van der Waals surface area (Å²) in [6, 6.07) is 14.5. The minimum absolute atomic E-state index is 0.139. The van der Waals surface area contributed by atoms with Crippen molar-refractivity contribution >= 4 is 34.4 Å². The Morgan fingerprint density at radius 3 is 2.59 bits per heavy atom.